The van der Waals surface area contributed by atoms with Crippen molar-refractivity contribution in [2.45, 2.75) is 18.9 Å². The number of methoxy groups -OCH3 is 1. The molecule has 1 aromatic heterocycles. The highest BCUT2D eigenvalue weighted by Gasteiger charge is 2.23. The van der Waals surface area contributed by atoms with Crippen molar-refractivity contribution in [1.29, 1.82) is 0 Å². The van der Waals surface area contributed by atoms with Gasteiger partial charge in [-0.3, -0.25) is 14.6 Å². The first-order chi connectivity index (χ1) is 9.45. The number of nitrogens with one attached hydrogen (secondary N) is 1. The largest absolute Gasteiger partial charge is 0.480 e. The fraction of sp³-hybridized carbons (Fsp3) is 0.333. The SMILES string of the molecule is COC(=O)CC[C@H](NC(=O)c1ccncc1F)C(=O)O. The van der Waals surface area contributed by atoms with Crippen molar-refractivity contribution in [1.82, 2.24) is 10.3 Å². The third kappa shape index (κ3) is 4.30. The van der Waals surface area contributed by atoms with Gasteiger partial charge in [-0.2, -0.15) is 0 Å². The van der Waals surface area contributed by atoms with E-state index in [1.165, 1.54) is 13.3 Å². The summed E-state index contributed by atoms with van der Waals surface area (Å²) in [6.45, 7) is 0. The first-order valence-electron chi connectivity index (χ1n) is 5.65. The summed E-state index contributed by atoms with van der Waals surface area (Å²) >= 11 is 0. The standard InChI is InChI=1S/C12H13FN2O5/c1-20-10(16)3-2-9(12(18)19)15-11(17)7-4-5-14-6-8(7)13/h4-6,9H,2-3H2,1H3,(H,15,17)(H,18,19)/t9-/m0/s1. The highest BCUT2D eigenvalue weighted by Crippen LogP contribution is 2.06. The molecule has 1 aromatic rings. The van der Waals surface area contributed by atoms with Crippen LogP contribution >= 0.6 is 0 Å². The van der Waals surface area contributed by atoms with Crippen LogP contribution in [0.25, 0.3) is 0 Å². The Labute approximate surface area is 113 Å². The van der Waals surface area contributed by atoms with E-state index in [9.17, 15) is 18.8 Å². The zero-order valence-electron chi connectivity index (χ0n) is 10.6. The van der Waals surface area contributed by atoms with Crippen LogP contribution in [0.3, 0.4) is 0 Å². The molecule has 0 aliphatic heterocycles. The Morgan fingerprint density at radius 2 is 2.20 bits per heavy atom. The lowest BCUT2D eigenvalue weighted by molar-refractivity contribution is -0.142. The van der Waals surface area contributed by atoms with E-state index in [0.29, 0.717) is 0 Å². The monoisotopic (exact) mass is 284 g/mol. The molecule has 0 aliphatic carbocycles. The lowest BCUT2D eigenvalue weighted by atomic mass is 10.1. The molecule has 1 atom stereocenters. The van der Waals surface area contributed by atoms with Crippen LogP contribution in [0.5, 0.6) is 0 Å². The van der Waals surface area contributed by atoms with Gasteiger partial charge in [-0.15, -0.1) is 0 Å². The number of carbonyl (C=O) groups is 3. The maximum absolute atomic E-state index is 13.3. The van der Waals surface area contributed by atoms with Crippen molar-refractivity contribution in [3.63, 3.8) is 0 Å². The molecule has 0 fully saturated rings. The molecule has 0 unspecified atom stereocenters. The van der Waals surface area contributed by atoms with Gasteiger partial charge in [0.15, 0.2) is 5.82 Å². The number of aliphatic carboxylic acids is 1. The van der Waals surface area contributed by atoms with Gasteiger partial charge < -0.3 is 15.2 Å². The summed E-state index contributed by atoms with van der Waals surface area (Å²) in [4.78, 5) is 37.1. The number of pyridine rings is 1. The van der Waals surface area contributed by atoms with Gasteiger partial charge in [0.2, 0.25) is 0 Å². The molecular formula is C12H13FN2O5. The Balaban J connectivity index is 2.71. The van der Waals surface area contributed by atoms with Crippen molar-refractivity contribution in [2.24, 2.45) is 0 Å². The molecule has 0 bridgehead atoms. The molecule has 20 heavy (non-hydrogen) atoms. The highest BCUT2D eigenvalue weighted by atomic mass is 19.1. The Morgan fingerprint density at radius 1 is 1.50 bits per heavy atom. The van der Waals surface area contributed by atoms with Gasteiger partial charge in [0, 0.05) is 12.6 Å². The average Bonchev–Trinajstić information content (AvgIpc) is 2.42. The lowest BCUT2D eigenvalue weighted by Gasteiger charge is -2.14. The molecule has 0 radical (unpaired) electrons. The maximum Gasteiger partial charge on any atom is 0.326 e. The predicted octanol–water partition coefficient (Wildman–Crippen LogP) is 0.357. The van der Waals surface area contributed by atoms with E-state index >= 15 is 0 Å². The fourth-order valence-corrected chi connectivity index (χ4v) is 1.42. The number of amides is 1. The number of ether oxygens (including phenoxy) is 1. The molecule has 108 valence electrons. The van der Waals surface area contributed by atoms with Gasteiger partial charge in [-0.05, 0) is 12.5 Å². The van der Waals surface area contributed by atoms with Crippen molar-refractivity contribution in [2.75, 3.05) is 7.11 Å². The van der Waals surface area contributed by atoms with E-state index in [4.69, 9.17) is 5.11 Å². The van der Waals surface area contributed by atoms with Gasteiger partial charge >= 0.3 is 11.9 Å². The van der Waals surface area contributed by atoms with Gasteiger partial charge in [0.05, 0.1) is 18.9 Å². The van der Waals surface area contributed by atoms with Crippen LogP contribution in [0, 0.1) is 5.82 Å². The zero-order valence-corrected chi connectivity index (χ0v) is 10.6. The Bertz CT molecular complexity index is 520. The molecule has 0 spiro atoms. The number of halogens is 1. The average molecular weight is 284 g/mol. The Hall–Kier alpha value is -2.51. The summed E-state index contributed by atoms with van der Waals surface area (Å²) in [5.74, 6) is -3.67. The number of carboxylic acids is 1. The van der Waals surface area contributed by atoms with Crippen LogP contribution in [0.15, 0.2) is 18.5 Å². The van der Waals surface area contributed by atoms with Crippen molar-refractivity contribution >= 4 is 17.8 Å². The smallest absolute Gasteiger partial charge is 0.326 e. The number of hydrogen-bond acceptors (Lipinski definition) is 5. The number of carbonyl (C=O) groups excluding carboxylic acids is 2. The van der Waals surface area contributed by atoms with Crippen LogP contribution in [0.1, 0.15) is 23.2 Å². The number of aromatic nitrogens is 1. The van der Waals surface area contributed by atoms with E-state index in [1.54, 1.807) is 0 Å². The van der Waals surface area contributed by atoms with Crippen molar-refractivity contribution < 1.29 is 28.6 Å². The Morgan fingerprint density at radius 3 is 2.75 bits per heavy atom. The molecular weight excluding hydrogens is 271 g/mol. The Kier molecular flexibility index (Phi) is 5.57. The minimum absolute atomic E-state index is 0.152. The van der Waals surface area contributed by atoms with Crippen LogP contribution in [0.2, 0.25) is 0 Å². The van der Waals surface area contributed by atoms with E-state index in [1.807, 2.05) is 0 Å². The van der Waals surface area contributed by atoms with Crippen molar-refractivity contribution in [3.05, 3.63) is 29.8 Å². The van der Waals surface area contributed by atoms with E-state index < -0.39 is 29.7 Å². The molecule has 8 heteroatoms. The summed E-state index contributed by atoms with van der Waals surface area (Å²) in [6, 6.07) is -0.182. The summed E-state index contributed by atoms with van der Waals surface area (Å²) in [5.41, 5.74) is -0.315. The number of nitrogens with zero attached hydrogens (tertiary/aromatic N) is 1. The van der Waals surface area contributed by atoms with Gasteiger partial charge in [-0.1, -0.05) is 0 Å². The van der Waals surface area contributed by atoms with E-state index in [-0.39, 0.29) is 18.4 Å². The molecule has 0 aliphatic rings. The predicted molar refractivity (Wildman–Crippen MR) is 64.3 cm³/mol. The number of rotatable bonds is 6. The summed E-state index contributed by atoms with van der Waals surface area (Å²) in [7, 11) is 1.17. The molecule has 1 heterocycles. The minimum atomic E-state index is -1.32. The second-order valence-electron chi connectivity index (χ2n) is 3.83. The molecule has 0 saturated carbocycles. The molecule has 1 amide bonds. The third-order valence-corrected chi connectivity index (χ3v) is 2.49. The first kappa shape index (κ1) is 15.5. The minimum Gasteiger partial charge on any atom is -0.480 e. The molecule has 7 nitrogen and oxygen atoms in total. The number of hydrogen-bond donors (Lipinski definition) is 2. The van der Waals surface area contributed by atoms with E-state index in [2.05, 4.69) is 15.0 Å². The quantitative estimate of drug-likeness (QED) is 0.730. The molecule has 1 rings (SSSR count). The fourth-order valence-electron chi connectivity index (χ4n) is 1.42. The third-order valence-electron chi connectivity index (χ3n) is 2.49. The summed E-state index contributed by atoms with van der Waals surface area (Å²) < 4.78 is 17.7. The van der Waals surface area contributed by atoms with Crippen molar-refractivity contribution in [3.8, 4) is 0 Å². The second-order valence-corrected chi connectivity index (χ2v) is 3.83. The van der Waals surface area contributed by atoms with Crippen LogP contribution in [0.4, 0.5) is 4.39 Å². The van der Waals surface area contributed by atoms with Crippen LogP contribution < -0.4 is 5.32 Å². The van der Waals surface area contributed by atoms with Crippen LogP contribution in [-0.2, 0) is 14.3 Å². The molecule has 0 aromatic carbocycles. The highest BCUT2D eigenvalue weighted by molar-refractivity contribution is 5.96. The number of carboxylic acid groups (broad SMARTS) is 1. The van der Waals surface area contributed by atoms with Gasteiger partial charge in [-0.25, -0.2) is 9.18 Å². The number of esters is 1. The van der Waals surface area contributed by atoms with E-state index in [0.717, 1.165) is 12.3 Å². The second kappa shape index (κ2) is 7.17. The normalized spacial score (nSPS) is 11.5. The molecule has 2 N–H and O–H groups in total. The first-order valence-corrected chi connectivity index (χ1v) is 5.65. The van der Waals surface area contributed by atoms with Gasteiger partial charge in [0.1, 0.15) is 6.04 Å². The molecule has 0 saturated heterocycles. The lowest BCUT2D eigenvalue weighted by Crippen LogP contribution is -2.41. The van der Waals surface area contributed by atoms with Crippen LogP contribution in [-0.4, -0.2) is 41.1 Å². The summed E-state index contributed by atoms with van der Waals surface area (Å²) in [6.07, 6.45) is 1.73. The topological polar surface area (TPSA) is 106 Å². The maximum atomic E-state index is 13.3. The van der Waals surface area contributed by atoms with Gasteiger partial charge in [0.25, 0.3) is 5.91 Å². The summed E-state index contributed by atoms with van der Waals surface area (Å²) in [5, 5.41) is 11.1. The zero-order chi connectivity index (χ0) is 15.1.